The van der Waals surface area contributed by atoms with Crippen molar-refractivity contribution in [3.8, 4) is 0 Å². The second-order valence-electron chi connectivity index (χ2n) is 4.45. The molecular formula is C9H18O5. The molecule has 0 heterocycles. The molecule has 0 rings (SSSR count). The number of hydrogen-bond acceptors (Lipinski definition) is 5. The normalized spacial score (nSPS) is 12.4. The fourth-order valence-corrected chi connectivity index (χ4v) is 0.513. The standard InChI is InChI=1S/C9H18O5/c1-8(2,11)5-13-7(10)14-6-9(3,4)12/h11-12H,5-6H2,1-4H3. The van der Waals surface area contributed by atoms with E-state index in [1.807, 2.05) is 0 Å². The van der Waals surface area contributed by atoms with E-state index in [1.54, 1.807) is 0 Å². The summed E-state index contributed by atoms with van der Waals surface area (Å²) in [5.74, 6) is 0. The van der Waals surface area contributed by atoms with E-state index in [4.69, 9.17) is 0 Å². The summed E-state index contributed by atoms with van der Waals surface area (Å²) in [7, 11) is 0. The minimum atomic E-state index is -1.08. The highest BCUT2D eigenvalue weighted by atomic mass is 16.7. The Labute approximate surface area is 83.6 Å². The number of aliphatic hydroxyl groups is 2. The topological polar surface area (TPSA) is 76.0 Å². The summed E-state index contributed by atoms with van der Waals surface area (Å²) in [5, 5.41) is 18.4. The van der Waals surface area contributed by atoms with Crippen LogP contribution in [0.5, 0.6) is 0 Å². The average molecular weight is 206 g/mol. The lowest BCUT2D eigenvalue weighted by Gasteiger charge is -2.19. The summed E-state index contributed by atoms with van der Waals surface area (Å²) in [6.07, 6.45) is -0.894. The van der Waals surface area contributed by atoms with Crippen molar-refractivity contribution in [1.29, 1.82) is 0 Å². The van der Waals surface area contributed by atoms with Crippen molar-refractivity contribution in [2.24, 2.45) is 0 Å². The molecule has 0 aromatic heterocycles. The number of ether oxygens (including phenoxy) is 2. The van der Waals surface area contributed by atoms with Gasteiger partial charge in [0, 0.05) is 0 Å². The molecule has 0 saturated carbocycles. The quantitative estimate of drug-likeness (QED) is 0.661. The Morgan fingerprint density at radius 3 is 1.50 bits per heavy atom. The predicted molar refractivity (Wildman–Crippen MR) is 49.9 cm³/mol. The highest BCUT2D eigenvalue weighted by Gasteiger charge is 2.19. The summed E-state index contributed by atoms with van der Waals surface area (Å²) in [6, 6.07) is 0. The average Bonchev–Trinajstić information content (AvgIpc) is 1.94. The van der Waals surface area contributed by atoms with Crippen molar-refractivity contribution in [2.45, 2.75) is 38.9 Å². The van der Waals surface area contributed by atoms with Crippen LogP contribution in [0.2, 0.25) is 0 Å². The maximum Gasteiger partial charge on any atom is 0.508 e. The molecular weight excluding hydrogens is 188 g/mol. The van der Waals surface area contributed by atoms with E-state index in [0.29, 0.717) is 0 Å². The van der Waals surface area contributed by atoms with Crippen molar-refractivity contribution >= 4 is 6.16 Å². The van der Waals surface area contributed by atoms with Gasteiger partial charge in [0.05, 0.1) is 11.2 Å². The fraction of sp³-hybridized carbons (Fsp3) is 0.889. The van der Waals surface area contributed by atoms with Gasteiger partial charge in [0.25, 0.3) is 0 Å². The van der Waals surface area contributed by atoms with Crippen molar-refractivity contribution < 1.29 is 24.5 Å². The largest absolute Gasteiger partial charge is 0.508 e. The molecule has 0 aromatic carbocycles. The van der Waals surface area contributed by atoms with Gasteiger partial charge in [0.15, 0.2) is 0 Å². The Kier molecular flexibility index (Phi) is 4.35. The molecule has 0 unspecified atom stereocenters. The Morgan fingerprint density at radius 1 is 1.00 bits per heavy atom. The van der Waals surface area contributed by atoms with Crippen LogP contribution in [0.25, 0.3) is 0 Å². The summed E-state index contributed by atoms with van der Waals surface area (Å²) in [6.45, 7) is 5.76. The zero-order valence-corrected chi connectivity index (χ0v) is 9.03. The third-order valence-corrected chi connectivity index (χ3v) is 1.09. The maximum absolute atomic E-state index is 10.9. The third kappa shape index (κ3) is 9.28. The Morgan fingerprint density at radius 2 is 1.29 bits per heavy atom. The molecule has 84 valence electrons. The minimum absolute atomic E-state index is 0.141. The second kappa shape index (κ2) is 4.61. The van der Waals surface area contributed by atoms with Gasteiger partial charge in [-0.15, -0.1) is 0 Å². The molecule has 0 aliphatic rings. The van der Waals surface area contributed by atoms with E-state index in [1.165, 1.54) is 27.7 Å². The molecule has 2 N–H and O–H groups in total. The first-order valence-corrected chi connectivity index (χ1v) is 4.34. The summed E-state index contributed by atoms with van der Waals surface area (Å²) < 4.78 is 9.16. The lowest BCUT2D eigenvalue weighted by Crippen LogP contribution is -2.31. The molecule has 0 bridgehead atoms. The molecule has 0 amide bonds. The Balaban J connectivity index is 3.68. The Bertz CT molecular complexity index is 166. The van der Waals surface area contributed by atoms with Crippen LogP contribution in [0.3, 0.4) is 0 Å². The van der Waals surface area contributed by atoms with Crippen LogP contribution in [-0.2, 0) is 9.47 Å². The van der Waals surface area contributed by atoms with E-state index >= 15 is 0 Å². The maximum atomic E-state index is 10.9. The monoisotopic (exact) mass is 206 g/mol. The number of hydrogen-bond donors (Lipinski definition) is 2. The van der Waals surface area contributed by atoms with Crippen LogP contribution >= 0.6 is 0 Å². The molecule has 0 saturated heterocycles. The van der Waals surface area contributed by atoms with Crippen LogP contribution in [-0.4, -0.2) is 40.8 Å². The summed E-state index contributed by atoms with van der Waals surface area (Å²) in [4.78, 5) is 10.9. The number of carbonyl (C=O) groups excluding carboxylic acids is 1. The highest BCUT2D eigenvalue weighted by Crippen LogP contribution is 2.04. The first-order valence-electron chi connectivity index (χ1n) is 4.34. The SMILES string of the molecule is CC(C)(O)COC(=O)OCC(C)(C)O. The molecule has 0 radical (unpaired) electrons. The van der Waals surface area contributed by atoms with E-state index < -0.39 is 17.4 Å². The molecule has 5 heteroatoms. The van der Waals surface area contributed by atoms with Gasteiger partial charge in [0.2, 0.25) is 0 Å². The molecule has 0 aliphatic heterocycles. The fourth-order valence-electron chi connectivity index (χ4n) is 0.513. The van der Waals surface area contributed by atoms with Gasteiger partial charge in [-0.2, -0.15) is 0 Å². The summed E-state index contributed by atoms with van der Waals surface area (Å²) >= 11 is 0. The first-order chi connectivity index (χ1) is 6.10. The molecule has 0 fully saturated rings. The van der Waals surface area contributed by atoms with Crippen molar-refractivity contribution in [3.63, 3.8) is 0 Å². The Hall–Kier alpha value is -0.810. The van der Waals surface area contributed by atoms with Gasteiger partial charge >= 0.3 is 6.16 Å². The second-order valence-corrected chi connectivity index (χ2v) is 4.45. The molecule has 14 heavy (non-hydrogen) atoms. The van der Waals surface area contributed by atoms with Gasteiger partial charge in [-0.1, -0.05) is 0 Å². The van der Waals surface area contributed by atoms with Crippen molar-refractivity contribution in [3.05, 3.63) is 0 Å². The minimum Gasteiger partial charge on any atom is -0.431 e. The van der Waals surface area contributed by atoms with Gasteiger partial charge in [-0.3, -0.25) is 0 Å². The van der Waals surface area contributed by atoms with Crippen LogP contribution in [0.1, 0.15) is 27.7 Å². The van der Waals surface area contributed by atoms with Crippen LogP contribution in [0.15, 0.2) is 0 Å². The lowest BCUT2D eigenvalue weighted by molar-refractivity contribution is -0.0457. The smallest absolute Gasteiger partial charge is 0.431 e. The van der Waals surface area contributed by atoms with E-state index in [-0.39, 0.29) is 13.2 Å². The molecule has 5 nitrogen and oxygen atoms in total. The van der Waals surface area contributed by atoms with Crippen molar-refractivity contribution in [1.82, 2.24) is 0 Å². The zero-order valence-electron chi connectivity index (χ0n) is 9.03. The zero-order chi connectivity index (χ0) is 11.4. The number of carbonyl (C=O) groups is 1. The molecule has 0 aromatic rings. The van der Waals surface area contributed by atoms with Gasteiger partial charge in [0.1, 0.15) is 13.2 Å². The van der Waals surface area contributed by atoms with Crippen LogP contribution in [0.4, 0.5) is 4.79 Å². The van der Waals surface area contributed by atoms with E-state index in [2.05, 4.69) is 9.47 Å². The van der Waals surface area contributed by atoms with Gasteiger partial charge in [-0.25, -0.2) is 4.79 Å². The molecule has 0 spiro atoms. The molecule has 0 atom stereocenters. The van der Waals surface area contributed by atoms with E-state index in [0.717, 1.165) is 0 Å². The van der Waals surface area contributed by atoms with Crippen molar-refractivity contribution in [2.75, 3.05) is 13.2 Å². The van der Waals surface area contributed by atoms with Gasteiger partial charge < -0.3 is 19.7 Å². The molecule has 0 aliphatic carbocycles. The lowest BCUT2D eigenvalue weighted by atomic mass is 10.2. The predicted octanol–water partition coefficient (Wildman–Crippen LogP) is 0.681. The number of rotatable bonds is 4. The third-order valence-electron chi connectivity index (χ3n) is 1.09. The van der Waals surface area contributed by atoms with Crippen LogP contribution in [0, 0.1) is 0 Å². The first kappa shape index (κ1) is 13.2. The highest BCUT2D eigenvalue weighted by molar-refractivity contribution is 5.59. The summed E-state index contributed by atoms with van der Waals surface area (Å²) in [5.41, 5.74) is -2.15. The van der Waals surface area contributed by atoms with Gasteiger partial charge in [-0.05, 0) is 27.7 Å². The van der Waals surface area contributed by atoms with E-state index in [9.17, 15) is 15.0 Å². The van der Waals surface area contributed by atoms with Crippen LogP contribution < -0.4 is 0 Å².